The number of nitrogens with one attached hydrogen (secondary N) is 1. The summed E-state index contributed by atoms with van der Waals surface area (Å²) in [5, 5.41) is 3.39. The minimum atomic E-state index is -0.296. The second-order valence-corrected chi connectivity index (χ2v) is 5.88. The van der Waals surface area contributed by atoms with Crippen molar-refractivity contribution >= 4 is 5.97 Å². The highest BCUT2D eigenvalue weighted by Crippen LogP contribution is 2.29. The van der Waals surface area contributed by atoms with Crippen LogP contribution in [0.15, 0.2) is 12.1 Å². The number of carbonyl (C=O) groups excluding carboxylic acids is 1. The van der Waals surface area contributed by atoms with Crippen LogP contribution in [0.25, 0.3) is 0 Å². The van der Waals surface area contributed by atoms with Gasteiger partial charge in [0.15, 0.2) is 0 Å². The quantitative estimate of drug-likeness (QED) is 0.866. The number of ether oxygens (including phenoxy) is 1. The highest BCUT2D eigenvalue weighted by atomic mass is 16.5. The van der Waals surface area contributed by atoms with Gasteiger partial charge in [0.1, 0.15) is 6.04 Å². The number of hydrogen-bond donors (Lipinski definition) is 1. The zero-order valence-electron chi connectivity index (χ0n) is 13.5. The molecular formula is C17H26N2O2. The van der Waals surface area contributed by atoms with Crippen LogP contribution in [0.2, 0.25) is 0 Å². The third-order valence-corrected chi connectivity index (χ3v) is 4.18. The summed E-state index contributed by atoms with van der Waals surface area (Å²) in [5.41, 5.74) is 4.67. The van der Waals surface area contributed by atoms with E-state index in [0.29, 0.717) is 0 Å². The SMILES string of the molecule is COC(=O)C(c1c(C)cc(C)cc1C)N1CCCNCC1. The van der Waals surface area contributed by atoms with Gasteiger partial charge in [-0.3, -0.25) is 4.90 Å². The molecule has 0 amide bonds. The van der Waals surface area contributed by atoms with Crippen LogP contribution < -0.4 is 5.32 Å². The zero-order valence-corrected chi connectivity index (χ0v) is 13.5. The molecule has 4 heteroatoms. The fraction of sp³-hybridized carbons (Fsp3) is 0.588. The Balaban J connectivity index is 2.42. The molecule has 1 N–H and O–H groups in total. The lowest BCUT2D eigenvalue weighted by Gasteiger charge is -2.31. The molecule has 0 aromatic heterocycles. The average molecular weight is 290 g/mol. The van der Waals surface area contributed by atoms with Crippen molar-refractivity contribution in [3.8, 4) is 0 Å². The van der Waals surface area contributed by atoms with Gasteiger partial charge in [0.05, 0.1) is 7.11 Å². The number of nitrogens with zero attached hydrogens (tertiary/aromatic N) is 1. The van der Waals surface area contributed by atoms with E-state index in [1.807, 2.05) is 0 Å². The van der Waals surface area contributed by atoms with E-state index < -0.39 is 0 Å². The van der Waals surface area contributed by atoms with E-state index in [-0.39, 0.29) is 12.0 Å². The Hall–Kier alpha value is -1.39. The molecular weight excluding hydrogens is 264 g/mol. The van der Waals surface area contributed by atoms with Gasteiger partial charge >= 0.3 is 5.97 Å². The van der Waals surface area contributed by atoms with E-state index >= 15 is 0 Å². The number of aryl methyl sites for hydroxylation is 3. The minimum Gasteiger partial charge on any atom is -0.468 e. The number of esters is 1. The Bertz CT molecular complexity index is 483. The summed E-state index contributed by atoms with van der Waals surface area (Å²) >= 11 is 0. The van der Waals surface area contributed by atoms with Crippen LogP contribution >= 0.6 is 0 Å². The molecule has 1 fully saturated rings. The van der Waals surface area contributed by atoms with Gasteiger partial charge in [-0.15, -0.1) is 0 Å². The van der Waals surface area contributed by atoms with Crippen LogP contribution in [-0.2, 0) is 9.53 Å². The number of hydrogen-bond acceptors (Lipinski definition) is 4. The molecule has 1 aromatic rings. The Morgan fingerprint density at radius 3 is 2.48 bits per heavy atom. The lowest BCUT2D eigenvalue weighted by Crippen LogP contribution is -2.38. The summed E-state index contributed by atoms with van der Waals surface area (Å²) < 4.78 is 5.10. The second kappa shape index (κ2) is 7.05. The smallest absolute Gasteiger partial charge is 0.327 e. The minimum absolute atomic E-state index is 0.160. The molecule has 1 saturated heterocycles. The molecule has 0 aliphatic carbocycles. The normalized spacial score (nSPS) is 18.1. The molecule has 1 atom stereocenters. The summed E-state index contributed by atoms with van der Waals surface area (Å²) in [6.07, 6.45) is 1.05. The lowest BCUT2D eigenvalue weighted by atomic mass is 9.93. The summed E-state index contributed by atoms with van der Waals surface area (Å²) in [5.74, 6) is -0.160. The van der Waals surface area contributed by atoms with Crippen LogP contribution in [0.4, 0.5) is 0 Å². The van der Waals surface area contributed by atoms with Gasteiger partial charge in [-0.25, -0.2) is 4.79 Å². The first-order valence-corrected chi connectivity index (χ1v) is 7.65. The summed E-state index contributed by atoms with van der Waals surface area (Å²) in [4.78, 5) is 14.7. The van der Waals surface area contributed by atoms with Crippen molar-refractivity contribution in [3.63, 3.8) is 0 Å². The van der Waals surface area contributed by atoms with E-state index in [1.54, 1.807) is 0 Å². The molecule has 4 nitrogen and oxygen atoms in total. The molecule has 116 valence electrons. The molecule has 1 heterocycles. The van der Waals surface area contributed by atoms with E-state index in [0.717, 1.165) is 38.2 Å². The topological polar surface area (TPSA) is 41.6 Å². The first-order valence-electron chi connectivity index (χ1n) is 7.65. The average Bonchev–Trinajstić information content (AvgIpc) is 2.70. The van der Waals surface area contributed by atoms with Gasteiger partial charge in [-0.2, -0.15) is 0 Å². The van der Waals surface area contributed by atoms with Gasteiger partial charge in [-0.1, -0.05) is 17.7 Å². The van der Waals surface area contributed by atoms with E-state index in [4.69, 9.17) is 4.74 Å². The van der Waals surface area contributed by atoms with Crippen molar-refractivity contribution in [2.24, 2.45) is 0 Å². The van der Waals surface area contributed by atoms with Crippen LogP contribution in [0.3, 0.4) is 0 Å². The lowest BCUT2D eigenvalue weighted by molar-refractivity contribution is -0.147. The Kier molecular flexibility index (Phi) is 5.37. The van der Waals surface area contributed by atoms with Gasteiger partial charge < -0.3 is 10.1 Å². The molecule has 21 heavy (non-hydrogen) atoms. The molecule has 2 rings (SSSR count). The fourth-order valence-corrected chi connectivity index (χ4v) is 3.31. The van der Waals surface area contributed by atoms with E-state index in [1.165, 1.54) is 23.8 Å². The standard InChI is InChI=1S/C17H26N2O2/c1-12-10-13(2)15(14(3)11-12)16(17(20)21-4)19-8-5-6-18-7-9-19/h10-11,16,18H,5-9H2,1-4H3. The highest BCUT2D eigenvalue weighted by molar-refractivity contribution is 5.78. The maximum atomic E-state index is 12.4. The highest BCUT2D eigenvalue weighted by Gasteiger charge is 2.31. The maximum Gasteiger partial charge on any atom is 0.327 e. The van der Waals surface area contributed by atoms with Crippen LogP contribution in [-0.4, -0.2) is 44.2 Å². The molecule has 0 radical (unpaired) electrons. The number of carbonyl (C=O) groups is 1. The largest absolute Gasteiger partial charge is 0.468 e. The molecule has 1 aromatic carbocycles. The Labute approximate surface area is 127 Å². The van der Waals surface area contributed by atoms with Crippen molar-refractivity contribution in [1.82, 2.24) is 10.2 Å². The monoisotopic (exact) mass is 290 g/mol. The summed E-state index contributed by atoms with van der Waals surface area (Å²) in [7, 11) is 1.48. The maximum absolute atomic E-state index is 12.4. The number of rotatable bonds is 3. The number of benzene rings is 1. The van der Waals surface area contributed by atoms with Crippen LogP contribution in [0, 0.1) is 20.8 Å². The molecule has 0 saturated carbocycles. The van der Waals surface area contributed by atoms with Gasteiger partial charge in [-0.05, 0) is 50.4 Å². The first kappa shape index (κ1) is 16.0. The molecule has 1 aliphatic heterocycles. The molecule has 1 unspecified atom stereocenters. The third kappa shape index (κ3) is 3.63. The van der Waals surface area contributed by atoms with Gasteiger partial charge in [0.2, 0.25) is 0 Å². The van der Waals surface area contributed by atoms with Gasteiger partial charge in [0.25, 0.3) is 0 Å². The van der Waals surface area contributed by atoms with Crippen molar-refractivity contribution in [2.75, 3.05) is 33.3 Å². The Morgan fingerprint density at radius 2 is 1.86 bits per heavy atom. The predicted octanol–water partition coefficient (Wildman–Crippen LogP) is 2.12. The fourth-order valence-electron chi connectivity index (χ4n) is 3.31. The Morgan fingerprint density at radius 1 is 1.19 bits per heavy atom. The predicted molar refractivity (Wildman–Crippen MR) is 84.5 cm³/mol. The zero-order chi connectivity index (χ0) is 15.4. The van der Waals surface area contributed by atoms with Crippen LogP contribution in [0.1, 0.15) is 34.7 Å². The molecule has 0 spiro atoms. The van der Waals surface area contributed by atoms with Crippen LogP contribution in [0.5, 0.6) is 0 Å². The second-order valence-electron chi connectivity index (χ2n) is 5.88. The summed E-state index contributed by atoms with van der Waals surface area (Å²) in [6.45, 7) is 9.97. The van der Waals surface area contributed by atoms with Crippen molar-refractivity contribution in [3.05, 3.63) is 34.4 Å². The van der Waals surface area contributed by atoms with Crippen molar-refractivity contribution < 1.29 is 9.53 Å². The molecule has 0 bridgehead atoms. The van der Waals surface area contributed by atoms with E-state index in [2.05, 4.69) is 43.1 Å². The molecule has 1 aliphatic rings. The van der Waals surface area contributed by atoms with Crippen molar-refractivity contribution in [2.45, 2.75) is 33.2 Å². The first-order chi connectivity index (χ1) is 10.0. The third-order valence-electron chi connectivity index (χ3n) is 4.18. The van der Waals surface area contributed by atoms with Crippen molar-refractivity contribution in [1.29, 1.82) is 0 Å². The van der Waals surface area contributed by atoms with Gasteiger partial charge in [0, 0.05) is 19.6 Å². The van der Waals surface area contributed by atoms with E-state index in [9.17, 15) is 4.79 Å². The number of methoxy groups -OCH3 is 1. The summed E-state index contributed by atoms with van der Waals surface area (Å²) in [6, 6.07) is 4.00.